The van der Waals surface area contributed by atoms with Crippen LogP contribution in [0.3, 0.4) is 0 Å². The van der Waals surface area contributed by atoms with Crippen molar-refractivity contribution in [1.82, 2.24) is 0 Å². The topological polar surface area (TPSA) is 82.6 Å². The van der Waals surface area contributed by atoms with Gasteiger partial charge in [0.25, 0.3) is 0 Å². The molecule has 2 aromatic carbocycles. The lowest BCUT2D eigenvalue weighted by Crippen LogP contribution is -2.04. The van der Waals surface area contributed by atoms with Crippen molar-refractivity contribution >= 4 is 39.2 Å². The molecule has 0 fully saturated rings. The Bertz CT molecular complexity index is 947. The van der Waals surface area contributed by atoms with Gasteiger partial charge >= 0.3 is 5.69 Å². The molecule has 1 heterocycles. The third kappa shape index (κ3) is 2.00. The fourth-order valence-corrected chi connectivity index (χ4v) is 2.39. The maximum atomic E-state index is 12.5. The summed E-state index contributed by atoms with van der Waals surface area (Å²) in [4.78, 5) is 23.0. The van der Waals surface area contributed by atoms with Gasteiger partial charge in [0, 0.05) is 6.07 Å². The smallest absolute Gasteiger partial charge is 0.312 e. The van der Waals surface area contributed by atoms with Crippen LogP contribution in [0.5, 0.6) is 5.75 Å². The van der Waals surface area contributed by atoms with Crippen LogP contribution in [0.15, 0.2) is 39.5 Å². The molecule has 0 saturated heterocycles. The fourth-order valence-electron chi connectivity index (χ4n) is 2.15. The van der Waals surface area contributed by atoms with Gasteiger partial charge in [0.2, 0.25) is 11.0 Å². The van der Waals surface area contributed by atoms with E-state index in [0.29, 0.717) is 5.75 Å². The van der Waals surface area contributed by atoms with Gasteiger partial charge in [-0.25, -0.2) is 0 Å². The van der Waals surface area contributed by atoms with Crippen molar-refractivity contribution in [2.24, 2.45) is 0 Å². The Morgan fingerprint density at radius 1 is 1.29 bits per heavy atom. The van der Waals surface area contributed by atoms with E-state index in [4.69, 9.17) is 20.8 Å². The second-order valence-corrected chi connectivity index (χ2v) is 4.73. The highest BCUT2D eigenvalue weighted by Gasteiger charge is 2.20. The summed E-state index contributed by atoms with van der Waals surface area (Å²) < 4.78 is 10.6. The molecule has 0 bridgehead atoms. The Hall–Kier alpha value is -2.60. The molecular formula is C14H8ClNO5. The van der Waals surface area contributed by atoms with Crippen molar-refractivity contribution < 1.29 is 14.1 Å². The zero-order valence-corrected chi connectivity index (χ0v) is 11.5. The third-order valence-corrected chi connectivity index (χ3v) is 3.47. The summed E-state index contributed by atoms with van der Waals surface area (Å²) in [7, 11) is 1.47. The first-order chi connectivity index (χ1) is 10.0. The van der Waals surface area contributed by atoms with E-state index >= 15 is 0 Å². The van der Waals surface area contributed by atoms with Crippen LogP contribution in [0.1, 0.15) is 0 Å². The Morgan fingerprint density at radius 3 is 2.71 bits per heavy atom. The van der Waals surface area contributed by atoms with Crippen LogP contribution in [-0.2, 0) is 0 Å². The molecule has 0 radical (unpaired) electrons. The van der Waals surface area contributed by atoms with Gasteiger partial charge in [-0.3, -0.25) is 14.9 Å². The van der Waals surface area contributed by atoms with Crippen molar-refractivity contribution in [2.75, 3.05) is 7.11 Å². The molecule has 0 aliphatic rings. The lowest BCUT2D eigenvalue weighted by atomic mass is 10.1. The molecule has 6 nitrogen and oxygen atoms in total. The Morgan fingerprint density at radius 2 is 2.05 bits per heavy atom. The largest absolute Gasteiger partial charge is 0.497 e. The minimum absolute atomic E-state index is 0.00776. The number of methoxy groups -OCH3 is 1. The monoisotopic (exact) mass is 305 g/mol. The number of ether oxygens (including phenoxy) is 1. The number of rotatable bonds is 2. The van der Waals surface area contributed by atoms with Crippen LogP contribution < -0.4 is 10.2 Å². The van der Waals surface area contributed by atoms with Gasteiger partial charge < -0.3 is 9.15 Å². The average molecular weight is 306 g/mol. The van der Waals surface area contributed by atoms with Gasteiger partial charge in [-0.05, 0) is 24.3 Å². The van der Waals surface area contributed by atoms with Crippen LogP contribution in [0, 0.1) is 10.1 Å². The molecule has 0 saturated carbocycles. The summed E-state index contributed by atoms with van der Waals surface area (Å²) in [6.45, 7) is 0. The van der Waals surface area contributed by atoms with E-state index in [0.717, 1.165) is 0 Å². The van der Waals surface area contributed by atoms with Crippen molar-refractivity contribution in [3.8, 4) is 5.75 Å². The average Bonchev–Trinajstić information content (AvgIpc) is 2.46. The van der Waals surface area contributed by atoms with E-state index in [-0.39, 0.29) is 32.6 Å². The molecule has 0 spiro atoms. The first-order valence-electron chi connectivity index (χ1n) is 5.90. The van der Waals surface area contributed by atoms with Crippen molar-refractivity contribution in [3.63, 3.8) is 0 Å². The van der Waals surface area contributed by atoms with Gasteiger partial charge in [-0.2, -0.15) is 0 Å². The highest BCUT2D eigenvalue weighted by Crippen LogP contribution is 2.32. The predicted octanol–water partition coefficient (Wildman–Crippen LogP) is 3.52. The Kier molecular flexibility index (Phi) is 3.03. The number of non-ortho nitro benzene ring substituents is 1. The van der Waals surface area contributed by atoms with Crippen molar-refractivity contribution in [2.45, 2.75) is 0 Å². The van der Waals surface area contributed by atoms with Gasteiger partial charge in [-0.1, -0.05) is 11.6 Å². The first kappa shape index (κ1) is 13.4. The molecule has 0 unspecified atom stereocenters. The zero-order valence-electron chi connectivity index (χ0n) is 10.8. The summed E-state index contributed by atoms with van der Waals surface area (Å²) in [5, 5.41) is 11.4. The van der Waals surface area contributed by atoms with Gasteiger partial charge in [0.05, 0.1) is 27.8 Å². The number of nitro benzene ring substituents is 1. The van der Waals surface area contributed by atoms with E-state index in [9.17, 15) is 14.9 Å². The lowest BCUT2D eigenvalue weighted by molar-refractivity contribution is -0.383. The molecule has 0 amide bonds. The van der Waals surface area contributed by atoms with Crippen molar-refractivity contribution in [1.29, 1.82) is 0 Å². The molecule has 3 aromatic rings. The second-order valence-electron chi connectivity index (χ2n) is 4.32. The first-order valence-corrected chi connectivity index (χ1v) is 6.28. The van der Waals surface area contributed by atoms with Gasteiger partial charge in [-0.15, -0.1) is 0 Å². The summed E-state index contributed by atoms with van der Waals surface area (Å²) >= 11 is 6.00. The highest BCUT2D eigenvalue weighted by molar-refractivity contribution is 6.35. The fraction of sp³-hybridized carbons (Fsp3) is 0.0714. The molecular weight excluding hydrogens is 298 g/mol. The van der Waals surface area contributed by atoms with E-state index in [1.807, 2.05) is 0 Å². The summed E-state index contributed by atoms with van der Waals surface area (Å²) in [5.41, 5.74) is -0.628. The molecule has 21 heavy (non-hydrogen) atoms. The number of benzene rings is 2. The number of hydrogen-bond acceptors (Lipinski definition) is 5. The predicted molar refractivity (Wildman–Crippen MR) is 78.2 cm³/mol. The molecule has 3 rings (SSSR count). The number of fused-ring (bicyclic) bond motifs is 2. The summed E-state index contributed by atoms with van der Waals surface area (Å²) in [6.07, 6.45) is 0. The number of halogens is 1. The normalized spacial score (nSPS) is 11.0. The summed E-state index contributed by atoms with van der Waals surface area (Å²) in [5.74, 6) is 0.482. The minimum atomic E-state index is -0.614. The molecule has 0 N–H and O–H groups in total. The molecule has 1 aromatic heterocycles. The molecule has 106 valence electrons. The van der Waals surface area contributed by atoms with Crippen molar-refractivity contribution in [3.05, 3.63) is 55.7 Å². The van der Waals surface area contributed by atoms with Crippen LogP contribution in [0.4, 0.5) is 5.69 Å². The molecule has 0 aliphatic carbocycles. The van der Waals surface area contributed by atoms with Crippen LogP contribution in [0.2, 0.25) is 5.02 Å². The van der Waals surface area contributed by atoms with E-state index < -0.39 is 10.4 Å². The Balaban J connectivity index is 2.55. The SMILES string of the molecule is COc1ccc2oc3c([N+](=O)[O-])ccc(Cl)c3c(=O)c2c1. The number of nitrogens with zero attached hydrogens (tertiary/aromatic N) is 1. The second kappa shape index (κ2) is 4.75. The van der Waals surface area contributed by atoms with E-state index in [2.05, 4.69) is 0 Å². The molecule has 0 atom stereocenters. The maximum absolute atomic E-state index is 12.5. The maximum Gasteiger partial charge on any atom is 0.312 e. The van der Waals surface area contributed by atoms with Crippen LogP contribution >= 0.6 is 11.6 Å². The van der Waals surface area contributed by atoms with Crippen LogP contribution in [0.25, 0.3) is 21.9 Å². The van der Waals surface area contributed by atoms with Gasteiger partial charge in [0.1, 0.15) is 11.3 Å². The van der Waals surface area contributed by atoms with E-state index in [1.54, 1.807) is 6.07 Å². The number of nitro groups is 1. The Labute approximate surface area is 122 Å². The molecule has 0 aliphatic heterocycles. The third-order valence-electron chi connectivity index (χ3n) is 3.15. The minimum Gasteiger partial charge on any atom is -0.497 e. The number of hydrogen-bond donors (Lipinski definition) is 0. The molecule has 7 heteroatoms. The standard InChI is InChI=1S/C14H8ClNO5/c1-20-7-2-5-11-8(6-7)13(17)12-9(15)3-4-10(16(18)19)14(12)21-11/h2-6H,1H3. The van der Waals surface area contributed by atoms with E-state index in [1.165, 1.54) is 31.4 Å². The zero-order chi connectivity index (χ0) is 15.1. The van der Waals surface area contributed by atoms with Gasteiger partial charge in [0.15, 0.2) is 0 Å². The van der Waals surface area contributed by atoms with Crippen LogP contribution in [-0.4, -0.2) is 12.0 Å². The quantitative estimate of drug-likeness (QED) is 0.411. The summed E-state index contributed by atoms with van der Waals surface area (Å²) in [6, 6.07) is 7.16. The highest BCUT2D eigenvalue weighted by atomic mass is 35.5. The lowest BCUT2D eigenvalue weighted by Gasteiger charge is -2.05.